The first-order valence-corrected chi connectivity index (χ1v) is 8.28. The van der Waals surface area contributed by atoms with Crippen LogP contribution in [0, 0.1) is 0 Å². The Morgan fingerprint density at radius 3 is 2.43 bits per heavy atom. The van der Waals surface area contributed by atoms with Crippen LogP contribution in [0.25, 0.3) is 0 Å². The predicted octanol–water partition coefficient (Wildman–Crippen LogP) is 3.36. The lowest BCUT2D eigenvalue weighted by Gasteiger charge is -2.34. The van der Waals surface area contributed by atoms with Crippen LogP contribution in [0.4, 0.5) is 0 Å². The quantitative estimate of drug-likeness (QED) is 0.865. The van der Waals surface area contributed by atoms with E-state index in [0.29, 0.717) is 0 Å². The Morgan fingerprint density at radius 2 is 1.81 bits per heavy atom. The van der Waals surface area contributed by atoms with Gasteiger partial charge in [-0.2, -0.15) is 0 Å². The van der Waals surface area contributed by atoms with Crippen LogP contribution < -0.4 is 0 Å². The third-order valence-electron chi connectivity index (χ3n) is 3.71. The summed E-state index contributed by atoms with van der Waals surface area (Å²) in [4.78, 5) is 17.4. The summed E-state index contributed by atoms with van der Waals surface area (Å²) in [6, 6.07) is 11.8. The van der Waals surface area contributed by atoms with E-state index in [9.17, 15) is 4.79 Å². The largest absolute Gasteiger partial charge is 0.335 e. The molecule has 1 amide bonds. The molecule has 0 atom stereocenters. The van der Waals surface area contributed by atoms with Crippen LogP contribution in [-0.4, -0.2) is 41.9 Å². The number of rotatable bonds is 3. The summed E-state index contributed by atoms with van der Waals surface area (Å²) >= 11 is 7.41. The van der Waals surface area contributed by atoms with Gasteiger partial charge in [-0.3, -0.25) is 9.69 Å². The lowest BCUT2D eigenvalue weighted by molar-refractivity contribution is 0.0633. The lowest BCUT2D eigenvalue weighted by Crippen LogP contribution is -2.48. The van der Waals surface area contributed by atoms with Crippen LogP contribution in [0.3, 0.4) is 0 Å². The Kier molecular flexibility index (Phi) is 4.58. The molecule has 3 nitrogen and oxygen atoms in total. The highest BCUT2D eigenvalue weighted by molar-refractivity contribution is 7.12. The molecule has 5 heteroatoms. The van der Waals surface area contributed by atoms with Crippen molar-refractivity contribution in [3.63, 3.8) is 0 Å². The second kappa shape index (κ2) is 6.60. The van der Waals surface area contributed by atoms with Crippen molar-refractivity contribution in [2.24, 2.45) is 0 Å². The number of halogens is 1. The standard InChI is InChI=1S/C16H17ClN2OS/c17-14-5-3-13(4-6-14)12-18-7-9-19(10-8-18)16(20)15-2-1-11-21-15/h1-6,11H,7-10,12H2. The van der Waals surface area contributed by atoms with Crippen molar-refractivity contribution in [3.05, 3.63) is 57.2 Å². The number of piperazine rings is 1. The van der Waals surface area contributed by atoms with E-state index in [1.54, 1.807) is 0 Å². The minimum absolute atomic E-state index is 0.163. The van der Waals surface area contributed by atoms with Gasteiger partial charge in [0.2, 0.25) is 0 Å². The topological polar surface area (TPSA) is 23.6 Å². The third-order valence-corrected chi connectivity index (χ3v) is 4.82. The molecule has 2 heterocycles. The Labute approximate surface area is 133 Å². The first-order chi connectivity index (χ1) is 10.2. The Morgan fingerprint density at radius 1 is 1.10 bits per heavy atom. The molecule has 0 spiro atoms. The number of nitrogens with zero attached hydrogens (tertiary/aromatic N) is 2. The first-order valence-electron chi connectivity index (χ1n) is 7.02. The summed E-state index contributed by atoms with van der Waals surface area (Å²) in [7, 11) is 0. The number of carbonyl (C=O) groups is 1. The SMILES string of the molecule is O=C(c1cccs1)N1CCN(Cc2ccc(Cl)cc2)CC1. The van der Waals surface area contributed by atoms with Crippen molar-refractivity contribution in [3.8, 4) is 0 Å². The van der Waals surface area contributed by atoms with Gasteiger partial charge in [-0.25, -0.2) is 0 Å². The second-order valence-electron chi connectivity index (χ2n) is 5.17. The molecule has 1 aliphatic rings. The summed E-state index contributed by atoms with van der Waals surface area (Å²) in [5.41, 5.74) is 1.26. The highest BCUT2D eigenvalue weighted by Crippen LogP contribution is 2.16. The molecule has 0 saturated carbocycles. The van der Waals surface area contributed by atoms with E-state index in [-0.39, 0.29) is 5.91 Å². The van der Waals surface area contributed by atoms with Crippen LogP contribution in [0.2, 0.25) is 5.02 Å². The fourth-order valence-corrected chi connectivity index (χ4v) is 3.33. The minimum Gasteiger partial charge on any atom is -0.335 e. The highest BCUT2D eigenvalue weighted by atomic mass is 35.5. The average molecular weight is 321 g/mol. The summed E-state index contributed by atoms with van der Waals surface area (Å²) in [5, 5.41) is 2.72. The maximum absolute atomic E-state index is 12.3. The van der Waals surface area contributed by atoms with Crippen LogP contribution >= 0.6 is 22.9 Å². The Balaban J connectivity index is 1.53. The molecule has 3 rings (SSSR count). The van der Waals surface area contributed by atoms with Crippen molar-refractivity contribution in [2.45, 2.75) is 6.54 Å². The van der Waals surface area contributed by atoms with Gasteiger partial charge in [0.15, 0.2) is 0 Å². The van der Waals surface area contributed by atoms with E-state index in [1.165, 1.54) is 16.9 Å². The van der Waals surface area contributed by atoms with Gasteiger partial charge in [-0.05, 0) is 29.1 Å². The number of benzene rings is 1. The smallest absolute Gasteiger partial charge is 0.264 e. The molecule has 0 bridgehead atoms. The summed E-state index contributed by atoms with van der Waals surface area (Å²) in [6.07, 6.45) is 0. The van der Waals surface area contributed by atoms with E-state index in [0.717, 1.165) is 42.6 Å². The van der Waals surface area contributed by atoms with E-state index in [4.69, 9.17) is 11.6 Å². The monoisotopic (exact) mass is 320 g/mol. The Hall–Kier alpha value is -1.36. The fourth-order valence-electron chi connectivity index (χ4n) is 2.51. The third kappa shape index (κ3) is 3.64. The van der Waals surface area contributed by atoms with Crippen molar-refractivity contribution >= 4 is 28.8 Å². The summed E-state index contributed by atoms with van der Waals surface area (Å²) in [5.74, 6) is 0.163. The van der Waals surface area contributed by atoms with Crippen LogP contribution in [0.1, 0.15) is 15.2 Å². The maximum atomic E-state index is 12.3. The van der Waals surface area contributed by atoms with E-state index < -0.39 is 0 Å². The zero-order chi connectivity index (χ0) is 14.7. The van der Waals surface area contributed by atoms with Gasteiger partial charge in [0, 0.05) is 37.7 Å². The van der Waals surface area contributed by atoms with Crippen molar-refractivity contribution in [2.75, 3.05) is 26.2 Å². The van der Waals surface area contributed by atoms with E-state index >= 15 is 0 Å². The molecule has 1 aromatic carbocycles. The molecule has 1 fully saturated rings. The molecule has 110 valence electrons. The van der Waals surface area contributed by atoms with Crippen molar-refractivity contribution in [1.29, 1.82) is 0 Å². The van der Waals surface area contributed by atoms with Gasteiger partial charge in [-0.15, -0.1) is 11.3 Å². The predicted molar refractivity (Wildman–Crippen MR) is 87.0 cm³/mol. The Bertz CT molecular complexity index is 589. The van der Waals surface area contributed by atoms with Crippen molar-refractivity contribution < 1.29 is 4.79 Å². The minimum atomic E-state index is 0.163. The molecule has 1 saturated heterocycles. The number of thiophene rings is 1. The number of amides is 1. The number of carbonyl (C=O) groups excluding carboxylic acids is 1. The molecule has 2 aromatic rings. The van der Waals surface area contributed by atoms with Crippen LogP contribution in [0.15, 0.2) is 41.8 Å². The summed E-state index contributed by atoms with van der Waals surface area (Å²) in [6.45, 7) is 4.34. The highest BCUT2D eigenvalue weighted by Gasteiger charge is 2.22. The van der Waals surface area contributed by atoms with E-state index in [2.05, 4.69) is 17.0 Å². The zero-order valence-electron chi connectivity index (χ0n) is 11.7. The molecule has 1 aromatic heterocycles. The van der Waals surface area contributed by atoms with Crippen LogP contribution in [0.5, 0.6) is 0 Å². The van der Waals surface area contributed by atoms with E-state index in [1.807, 2.05) is 34.5 Å². The molecular weight excluding hydrogens is 304 g/mol. The zero-order valence-corrected chi connectivity index (χ0v) is 13.2. The van der Waals surface area contributed by atoms with Gasteiger partial charge >= 0.3 is 0 Å². The van der Waals surface area contributed by atoms with Gasteiger partial charge in [-0.1, -0.05) is 29.8 Å². The lowest BCUT2D eigenvalue weighted by atomic mass is 10.2. The maximum Gasteiger partial charge on any atom is 0.264 e. The second-order valence-corrected chi connectivity index (χ2v) is 6.56. The molecule has 0 unspecified atom stereocenters. The average Bonchev–Trinajstić information content (AvgIpc) is 3.04. The number of hydrogen-bond acceptors (Lipinski definition) is 3. The van der Waals surface area contributed by atoms with Gasteiger partial charge in [0.05, 0.1) is 4.88 Å². The molecule has 1 aliphatic heterocycles. The normalized spacial score (nSPS) is 16.1. The molecular formula is C16H17ClN2OS. The molecule has 0 aliphatic carbocycles. The number of hydrogen-bond donors (Lipinski definition) is 0. The van der Waals surface area contributed by atoms with Gasteiger partial charge in [0.1, 0.15) is 0 Å². The van der Waals surface area contributed by atoms with Gasteiger partial charge in [0.25, 0.3) is 5.91 Å². The fraction of sp³-hybridized carbons (Fsp3) is 0.312. The molecule has 21 heavy (non-hydrogen) atoms. The first kappa shape index (κ1) is 14.6. The van der Waals surface area contributed by atoms with Gasteiger partial charge < -0.3 is 4.90 Å². The summed E-state index contributed by atoms with van der Waals surface area (Å²) < 4.78 is 0. The molecule has 0 radical (unpaired) electrons. The molecule has 0 N–H and O–H groups in total. The van der Waals surface area contributed by atoms with Crippen LogP contribution in [-0.2, 0) is 6.54 Å². The van der Waals surface area contributed by atoms with Crippen molar-refractivity contribution in [1.82, 2.24) is 9.80 Å².